The second-order valence-corrected chi connectivity index (χ2v) is 13.6. The standard InChI is InChI=1S/C38H38FN7O3/c1-4-24-10-6-11-25-18-26(47)19-27(31(24)25)33-32(39)34-28(20-41-33)35(44-36(43-34)49-23-38-13-8-16-46(38)17-9-14-38)45-15-7-12-37(3,22-40)29(21-45)42-30(48)5-2/h1,5-6,10-11,18-20,29,47H,2,7-9,12-17,21,23H2,3H3,(H,42,48)/t29-,37-/m0/s1. The minimum atomic E-state index is -0.856. The maximum atomic E-state index is 17.0. The molecule has 49 heavy (non-hydrogen) atoms. The SMILES string of the molecule is C#Cc1cccc2cc(O)cc(-c3ncc4c(N5CCC[C@@](C)(C#N)[C@@H](NC(=O)C=C)C5)nc(OCC56CCCN5CCC6)nc4c3F)c12. The molecule has 5 heterocycles. The number of nitrogens with one attached hydrogen (secondary N) is 1. The lowest BCUT2D eigenvalue weighted by molar-refractivity contribution is -0.117. The Bertz CT molecular complexity index is 2060. The van der Waals surface area contributed by atoms with Crippen LogP contribution in [0.2, 0.25) is 0 Å². The first-order chi connectivity index (χ1) is 23.7. The summed E-state index contributed by atoms with van der Waals surface area (Å²) in [5.41, 5.74) is -0.0908. The number of halogens is 1. The summed E-state index contributed by atoms with van der Waals surface area (Å²) in [6.45, 7) is 8.58. The smallest absolute Gasteiger partial charge is 0.319 e. The van der Waals surface area contributed by atoms with Gasteiger partial charge in [-0.2, -0.15) is 15.2 Å². The summed E-state index contributed by atoms with van der Waals surface area (Å²) in [7, 11) is 0. The lowest BCUT2D eigenvalue weighted by atomic mass is 9.80. The zero-order valence-electron chi connectivity index (χ0n) is 27.5. The number of carbonyl (C=O) groups excluding carboxylic acids is 1. The molecule has 0 aliphatic carbocycles. The second kappa shape index (κ2) is 12.6. The number of terminal acetylenes is 1. The van der Waals surface area contributed by atoms with Gasteiger partial charge in [-0.3, -0.25) is 14.7 Å². The Morgan fingerprint density at radius 3 is 2.73 bits per heavy atom. The van der Waals surface area contributed by atoms with Gasteiger partial charge in [-0.1, -0.05) is 24.6 Å². The summed E-state index contributed by atoms with van der Waals surface area (Å²) in [5, 5.41) is 25.3. The van der Waals surface area contributed by atoms with Crippen LogP contribution in [0.3, 0.4) is 0 Å². The van der Waals surface area contributed by atoms with E-state index in [1.807, 2.05) is 11.8 Å². The molecule has 0 radical (unpaired) electrons. The number of ether oxygens (including phenoxy) is 1. The maximum absolute atomic E-state index is 17.0. The van der Waals surface area contributed by atoms with E-state index in [9.17, 15) is 15.2 Å². The average molecular weight is 660 g/mol. The molecule has 0 unspecified atom stereocenters. The number of phenols is 1. The topological polar surface area (TPSA) is 128 Å². The number of amides is 1. The number of aromatic hydroxyl groups is 1. The van der Waals surface area contributed by atoms with Crippen molar-refractivity contribution in [3.05, 3.63) is 60.6 Å². The number of pyridine rings is 1. The highest BCUT2D eigenvalue weighted by Gasteiger charge is 2.45. The van der Waals surface area contributed by atoms with Crippen molar-refractivity contribution in [1.82, 2.24) is 25.2 Å². The van der Waals surface area contributed by atoms with E-state index in [1.54, 1.807) is 24.3 Å². The van der Waals surface area contributed by atoms with E-state index in [0.29, 0.717) is 59.1 Å². The first kappa shape index (κ1) is 32.3. The zero-order chi connectivity index (χ0) is 34.3. The molecule has 0 bridgehead atoms. The highest BCUT2D eigenvalue weighted by molar-refractivity contribution is 6.02. The van der Waals surface area contributed by atoms with Gasteiger partial charge in [0.1, 0.15) is 29.4 Å². The molecule has 3 aliphatic heterocycles. The molecule has 0 spiro atoms. The number of anilines is 1. The Balaban J connectivity index is 1.38. The second-order valence-electron chi connectivity index (χ2n) is 13.6. The fourth-order valence-electron chi connectivity index (χ4n) is 7.98. The number of rotatable bonds is 7. The minimum Gasteiger partial charge on any atom is -0.508 e. The van der Waals surface area contributed by atoms with E-state index >= 15 is 4.39 Å². The summed E-state index contributed by atoms with van der Waals surface area (Å²) in [5.74, 6) is 1.92. The molecular weight excluding hydrogens is 621 g/mol. The van der Waals surface area contributed by atoms with E-state index < -0.39 is 17.3 Å². The fraction of sp³-hybridized carbons (Fsp3) is 0.395. The molecule has 2 N–H and O–H groups in total. The Labute approximate surface area is 284 Å². The zero-order valence-corrected chi connectivity index (χ0v) is 27.5. The molecule has 3 saturated heterocycles. The lowest BCUT2D eigenvalue weighted by Gasteiger charge is -2.33. The molecule has 4 aromatic rings. The number of phenolic OH excluding ortho intramolecular Hbond substituents is 1. The molecular formula is C38H38FN7O3. The number of nitriles is 1. The molecule has 2 atom stereocenters. The number of benzene rings is 2. The Morgan fingerprint density at radius 1 is 1.22 bits per heavy atom. The van der Waals surface area contributed by atoms with Gasteiger partial charge in [-0.15, -0.1) is 6.42 Å². The molecule has 2 aromatic heterocycles. The molecule has 1 amide bonds. The van der Waals surface area contributed by atoms with Gasteiger partial charge in [0.05, 0.1) is 28.5 Å². The third kappa shape index (κ3) is 5.68. The van der Waals surface area contributed by atoms with Crippen LogP contribution < -0.4 is 15.0 Å². The van der Waals surface area contributed by atoms with Crippen LogP contribution in [0.1, 0.15) is 51.0 Å². The number of hydrogen-bond donors (Lipinski definition) is 2. The van der Waals surface area contributed by atoms with Crippen LogP contribution >= 0.6 is 0 Å². The van der Waals surface area contributed by atoms with Gasteiger partial charge in [0.2, 0.25) is 5.91 Å². The van der Waals surface area contributed by atoms with Crippen LogP contribution in [0.5, 0.6) is 11.8 Å². The van der Waals surface area contributed by atoms with Gasteiger partial charge in [0, 0.05) is 35.8 Å². The molecule has 7 rings (SSSR count). The van der Waals surface area contributed by atoms with Crippen molar-refractivity contribution < 1.29 is 19.0 Å². The number of fused-ring (bicyclic) bond motifs is 3. The van der Waals surface area contributed by atoms with E-state index in [-0.39, 0.29) is 41.0 Å². The molecule has 11 heteroatoms. The van der Waals surface area contributed by atoms with Crippen LogP contribution in [0.4, 0.5) is 10.2 Å². The predicted octanol–water partition coefficient (Wildman–Crippen LogP) is 5.48. The first-order valence-electron chi connectivity index (χ1n) is 16.7. The Kier molecular flexibility index (Phi) is 8.33. The molecule has 3 aliphatic rings. The van der Waals surface area contributed by atoms with Gasteiger partial charge in [-0.25, -0.2) is 4.39 Å². The van der Waals surface area contributed by atoms with E-state index in [4.69, 9.17) is 16.1 Å². The first-order valence-corrected chi connectivity index (χ1v) is 16.7. The van der Waals surface area contributed by atoms with Gasteiger partial charge >= 0.3 is 6.01 Å². The summed E-state index contributed by atoms with van der Waals surface area (Å²) in [6, 6.07) is 10.3. The van der Waals surface area contributed by atoms with Crippen molar-refractivity contribution in [2.45, 2.75) is 57.0 Å². The molecule has 10 nitrogen and oxygen atoms in total. The highest BCUT2D eigenvalue weighted by Crippen LogP contribution is 2.41. The van der Waals surface area contributed by atoms with Crippen molar-refractivity contribution >= 4 is 33.4 Å². The van der Waals surface area contributed by atoms with Gasteiger partial charge in [0.25, 0.3) is 0 Å². The third-order valence-corrected chi connectivity index (χ3v) is 10.6. The molecule has 3 fully saturated rings. The molecule has 2 aromatic carbocycles. The van der Waals surface area contributed by atoms with Crippen molar-refractivity contribution in [3.8, 4) is 41.4 Å². The fourth-order valence-corrected chi connectivity index (χ4v) is 7.98. The Hall–Kier alpha value is -5.26. The summed E-state index contributed by atoms with van der Waals surface area (Å²) in [4.78, 5) is 31.0. The largest absolute Gasteiger partial charge is 0.508 e. The highest BCUT2D eigenvalue weighted by atomic mass is 19.1. The molecule has 0 saturated carbocycles. The number of aromatic nitrogens is 3. The van der Waals surface area contributed by atoms with Crippen molar-refractivity contribution in [2.24, 2.45) is 5.41 Å². The van der Waals surface area contributed by atoms with Crippen molar-refractivity contribution in [2.75, 3.05) is 37.7 Å². The van der Waals surface area contributed by atoms with E-state index in [0.717, 1.165) is 38.8 Å². The lowest BCUT2D eigenvalue weighted by Crippen LogP contribution is -2.50. The average Bonchev–Trinajstić information content (AvgIpc) is 3.65. The maximum Gasteiger partial charge on any atom is 0.319 e. The van der Waals surface area contributed by atoms with Crippen LogP contribution in [0, 0.1) is 34.9 Å². The van der Waals surface area contributed by atoms with Crippen LogP contribution in [0.25, 0.3) is 32.9 Å². The molecule has 250 valence electrons. The van der Waals surface area contributed by atoms with Crippen LogP contribution in [-0.4, -0.2) is 75.2 Å². The minimum absolute atomic E-state index is 0.00542. The quantitative estimate of drug-likeness (QED) is 0.196. The van der Waals surface area contributed by atoms with Crippen LogP contribution in [0.15, 0.2) is 49.2 Å². The third-order valence-electron chi connectivity index (χ3n) is 10.6. The number of carbonyl (C=O) groups is 1. The number of hydrogen-bond acceptors (Lipinski definition) is 9. The van der Waals surface area contributed by atoms with Crippen LogP contribution in [-0.2, 0) is 4.79 Å². The monoisotopic (exact) mass is 659 g/mol. The van der Waals surface area contributed by atoms with Gasteiger partial charge in [-0.05, 0) is 88.2 Å². The predicted molar refractivity (Wildman–Crippen MR) is 185 cm³/mol. The van der Waals surface area contributed by atoms with Gasteiger partial charge in [0.15, 0.2) is 5.82 Å². The van der Waals surface area contributed by atoms with Crippen molar-refractivity contribution in [3.63, 3.8) is 0 Å². The summed E-state index contributed by atoms with van der Waals surface area (Å²) < 4.78 is 23.4. The Morgan fingerprint density at radius 2 is 2.00 bits per heavy atom. The van der Waals surface area contributed by atoms with E-state index in [2.05, 4.69) is 38.8 Å². The summed E-state index contributed by atoms with van der Waals surface area (Å²) >= 11 is 0. The van der Waals surface area contributed by atoms with Crippen molar-refractivity contribution in [1.29, 1.82) is 5.26 Å². The normalized spacial score (nSPS) is 21.9. The van der Waals surface area contributed by atoms with E-state index in [1.165, 1.54) is 18.3 Å². The van der Waals surface area contributed by atoms with Gasteiger partial charge < -0.3 is 20.1 Å². The summed E-state index contributed by atoms with van der Waals surface area (Å²) in [6.07, 6.45) is 13.9. The number of nitrogens with zero attached hydrogens (tertiary/aromatic N) is 6.